The second kappa shape index (κ2) is 5.49. The van der Waals surface area contributed by atoms with Crippen LogP contribution in [0, 0.1) is 11.8 Å². The highest BCUT2D eigenvalue weighted by Gasteiger charge is 2.28. The zero-order valence-corrected chi connectivity index (χ0v) is 13.1. The summed E-state index contributed by atoms with van der Waals surface area (Å²) in [6.45, 7) is 2.57. The first-order chi connectivity index (χ1) is 8.40. The van der Waals surface area contributed by atoms with Gasteiger partial charge in [-0.3, -0.25) is 0 Å². The van der Waals surface area contributed by atoms with Crippen molar-refractivity contribution in [1.82, 2.24) is 4.72 Å². The number of nitrogens with one attached hydrogen (secondary N) is 1. The van der Waals surface area contributed by atoms with E-state index in [1.54, 1.807) is 6.07 Å². The summed E-state index contributed by atoms with van der Waals surface area (Å²) in [6, 6.07) is 4.61. The van der Waals surface area contributed by atoms with Gasteiger partial charge in [0.25, 0.3) is 0 Å². The van der Waals surface area contributed by atoms with Crippen molar-refractivity contribution >= 4 is 37.6 Å². The summed E-state index contributed by atoms with van der Waals surface area (Å²) in [7, 11) is -3.44. The van der Waals surface area contributed by atoms with E-state index in [9.17, 15) is 8.42 Å². The van der Waals surface area contributed by atoms with Gasteiger partial charge in [0.1, 0.15) is 0 Å². The van der Waals surface area contributed by atoms with E-state index >= 15 is 0 Å². The first-order valence-electron chi connectivity index (χ1n) is 5.85. The molecule has 0 heterocycles. The Morgan fingerprint density at radius 3 is 2.72 bits per heavy atom. The van der Waals surface area contributed by atoms with Crippen molar-refractivity contribution in [3.8, 4) is 0 Å². The normalized spacial score (nSPS) is 17.7. The lowest BCUT2D eigenvalue weighted by atomic mass is 10.1. The molecule has 3 nitrogen and oxygen atoms in total. The van der Waals surface area contributed by atoms with Crippen LogP contribution in [0.15, 0.2) is 27.6 Å². The third-order valence-corrected chi connectivity index (χ3v) is 5.86. The lowest BCUT2D eigenvalue weighted by Crippen LogP contribution is -2.29. The largest absolute Gasteiger partial charge is 0.240 e. The quantitative estimate of drug-likeness (QED) is 0.882. The Morgan fingerprint density at radius 2 is 2.17 bits per heavy atom. The standard InChI is InChI=1S/C12H15BrClNO2S/c1-8(9-2-3-9)7-15-18(16,17)10-4-5-12(14)11(13)6-10/h4-6,8-9,15H,2-3,7H2,1H3. The summed E-state index contributed by atoms with van der Waals surface area (Å²) in [5.74, 6) is 1.08. The molecule has 0 bridgehead atoms. The van der Waals surface area contributed by atoms with E-state index in [1.165, 1.54) is 25.0 Å². The van der Waals surface area contributed by atoms with E-state index < -0.39 is 10.0 Å². The molecule has 0 amide bonds. The lowest BCUT2D eigenvalue weighted by molar-refractivity contribution is 0.492. The molecule has 1 fully saturated rings. The smallest absolute Gasteiger partial charge is 0.211 e. The van der Waals surface area contributed by atoms with Crippen LogP contribution in [0.2, 0.25) is 5.02 Å². The van der Waals surface area contributed by atoms with Crippen LogP contribution in [0.3, 0.4) is 0 Å². The van der Waals surface area contributed by atoms with E-state index in [2.05, 4.69) is 27.6 Å². The number of hydrogen-bond acceptors (Lipinski definition) is 2. The van der Waals surface area contributed by atoms with Crippen LogP contribution in [0.5, 0.6) is 0 Å². The third-order valence-electron chi connectivity index (χ3n) is 3.22. The molecular weight excluding hydrogens is 338 g/mol. The Balaban J connectivity index is 2.07. The third kappa shape index (κ3) is 3.47. The minimum Gasteiger partial charge on any atom is -0.211 e. The predicted molar refractivity (Wildman–Crippen MR) is 76.2 cm³/mol. The van der Waals surface area contributed by atoms with Crippen molar-refractivity contribution in [3.63, 3.8) is 0 Å². The van der Waals surface area contributed by atoms with Crippen LogP contribution in [-0.4, -0.2) is 15.0 Å². The van der Waals surface area contributed by atoms with Crippen LogP contribution in [0.1, 0.15) is 19.8 Å². The van der Waals surface area contributed by atoms with Crippen molar-refractivity contribution in [2.24, 2.45) is 11.8 Å². The Kier molecular flexibility index (Phi) is 4.36. The molecule has 0 radical (unpaired) electrons. The maximum absolute atomic E-state index is 12.1. The molecule has 0 spiro atoms. The number of sulfonamides is 1. The first kappa shape index (κ1) is 14.3. The van der Waals surface area contributed by atoms with Gasteiger partial charge in [0, 0.05) is 11.0 Å². The molecule has 1 saturated carbocycles. The molecule has 1 aliphatic rings. The van der Waals surface area contributed by atoms with Crippen LogP contribution >= 0.6 is 27.5 Å². The van der Waals surface area contributed by atoms with Gasteiger partial charge in [0.2, 0.25) is 10.0 Å². The maximum atomic E-state index is 12.1. The van der Waals surface area contributed by atoms with Gasteiger partial charge in [-0.2, -0.15) is 0 Å². The van der Waals surface area contributed by atoms with Crippen molar-refractivity contribution in [3.05, 3.63) is 27.7 Å². The van der Waals surface area contributed by atoms with Gasteiger partial charge in [-0.05, 0) is 58.8 Å². The number of rotatable bonds is 5. The van der Waals surface area contributed by atoms with Gasteiger partial charge < -0.3 is 0 Å². The molecule has 1 aliphatic carbocycles. The average Bonchev–Trinajstić information content (AvgIpc) is 3.13. The van der Waals surface area contributed by atoms with Crippen LogP contribution in [0.25, 0.3) is 0 Å². The highest BCUT2D eigenvalue weighted by atomic mass is 79.9. The molecular formula is C12H15BrClNO2S. The minimum absolute atomic E-state index is 0.238. The van der Waals surface area contributed by atoms with Crippen LogP contribution in [-0.2, 0) is 10.0 Å². The molecule has 1 aromatic rings. The molecule has 6 heteroatoms. The molecule has 0 aromatic heterocycles. The number of hydrogen-bond donors (Lipinski definition) is 1. The molecule has 1 atom stereocenters. The highest BCUT2D eigenvalue weighted by Crippen LogP contribution is 2.36. The van der Waals surface area contributed by atoms with Gasteiger partial charge in [0.05, 0.1) is 9.92 Å². The lowest BCUT2D eigenvalue weighted by Gasteiger charge is -2.12. The highest BCUT2D eigenvalue weighted by molar-refractivity contribution is 9.10. The van der Waals surface area contributed by atoms with Gasteiger partial charge in [0.15, 0.2) is 0 Å². The van der Waals surface area contributed by atoms with Crippen molar-refractivity contribution in [2.45, 2.75) is 24.7 Å². The van der Waals surface area contributed by atoms with Gasteiger partial charge in [-0.1, -0.05) is 18.5 Å². The topological polar surface area (TPSA) is 46.2 Å². The van der Waals surface area contributed by atoms with E-state index in [4.69, 9.17) is 11.6 Å². The fourth-order valence-corrected chi connectivity index (χ4v) is 3.62. The van der Waals surface area contributed by atoms with Gasteiger partial charge in [-0.25, -0.2) is 13.1 Å². The van der Waals surface area contributed by atoms with E-state index in [1.807, 2.05) is 0 Å². The molecule has 0 aliphatic heterocycles. The maximum Gasteiger partial charge on any atom is 0.240 e. The minimum atomic E-state index is -3.44. The van der Waals surface area contributed by atoms with Crippen molar-refractivity contribution < 1.29 is 8.42 Å². The number of halogens is 2. The van der Waals surface area contributed by atoms with E-state index in [0.717, 1.165) is 0 Å². The van der Waals surface area contributed by atoms with Gasteiger partial charge >= 0.3 is 0 Å². The fourth-order valence-electron chi connectivity index (χ4n) is 1.80. The van der Waals surface area contributed by atoms with Gasteiger partial charge in [-0.15, -0.1) is 0 Å². The molecule has 1 aromatic carbocycles. The van der Waals surface area contributed by atoms with Crippen LogP contribution in [0.4, 0.5) is 0 Å². The Hall–Kier alpha value is -0.100. The molecule has 0 saturated heterocycles. The monoisotopic (exact) mass is 351 g/mol. The summed E-state index contributed by atoms with van der Waals surface area (Å²) >= 11 is 9.07. The first-order valence-corrected chi connectivity index (χ1v) is 8.50. The van der Waals surface area contributed by atoms with Crippen LogP contribution < -0.4 is 4.72 Å². The summed E-state index contributed by atoms with van der Waals surface area (Å²) in [4.78, 5) is 0.238. The predicted octanol–water partition coefficient (Wildman–Crippen LogP) is 3.43. The zero-order valence-electron chi connectivity index (χ0n) is 9.99. The molecule has 1 N–H and O–H groups in total. The number of benzene rings is 1. The Morgan fingerprint density at radius 1 is 1.50 bits per heavy atom. The summed E-state index contributed by atoms with van der Waals surface area (Å²) in [6.07, 6.45) is 2.44. The molecule has 100 valence electrons. The van der Waals surface area contributed by atoms with Crippen molar-refractivity contribution in [2.75, 3.05) is 6.54 Å². The zero-order chi connectivity index (χ0) is 13.3. The second-order valence-corrected chi connectivity index (χ2v) is 7.77. The summed E-state index contributed by atoms with van der Waals surface area (Å²) in [5.41, 5.74) is 0. The molecule has 2 rings (SSSR count). The van der Waals surface area contributed by atoms with E-state index in [-0.39, 0.29) is 4.90 Å². The molecule has 1 unspecified atom stereocenters. The summed E-state index contributed by atoms with van der Waals surface area (Å²) < 4.78 is 27.4. The average molecular weight is 353 g/mol. The Bertz CT molecular complexity index is 543. The Labute approximate surface area is 121 Å². The SMILES string of the molecule is CC(CNS(=O)(=O)c1ccc(Cl)c(Br)c1)C1CC1. The second-order valence-electron chi connectivity index (χ2n) is 4.74. The fraction of sp³-hybridized carbons (Fsp3) is 0.500. The van der Waals surface area contributed by atoms with E-state index in [0.29, 0.717) is 27.9 Å². The molecule has 18 heavy (non-hydrogen) atoms. The van der Waals surface area contributed by atoms with Crippen molar-refractivity contribution in [1.29, 1.82) is 0 Å². The summed E-state index contributed by atoms with van der Waals surface area (Å²) in [5, 5.41) is 0.500.